The number of hydrogen-bond acceptors (Lipinski definition) is 3. The minimum atomic E-state index is -3.43. The highest BCUT2D eigenvalue weighted by atomic mass is 32.2. The first-order valence-corrected chi connectivity index (χ1v) is 9.20. The summed E-state index contributed by atoms with van der Waals surface area (Å²) in [6.45, 7) is 6.83. The molecule has 21 heavy (non-hydrogen) atoms. The van der Waals surface area contributed by atoms with E-state index in [9.17, 15) is 8.42 Å². The van der Waals surface area contributed by atoms with E-state index in [0.29, 0.717) is 16.9 Å². The van der Waals surface area contributed by atoms with Crippen LogP contribution in [0.1, 0.15) is 45.6 Å². The Morgan fingerprint density at radius 2 is 1.95 bits per heavy atom. The molecule has 0 amide bonds. The largest absolute Gasteiger partial charge is 0.310 e. The summed E-state index contributed by atoms with van der Waals surface area (Å²) in [5, 5.41) is 3.40. The molecule has 1 aromatic carbocycles. The van der Waals surface area contributed by atoms with Gasteiger partial charge in [0.05, 0.1) is 4.90 Å². The molecule has 0 bridgehead atoms. The number of sulfonamides is 1. The third kappa shape index (κ3) is 5.41. The van der Waals surface area contributed by atoms with E-state index in [2.05, 4.69) is 23.9 Å². The molecule has 1 unspecified atom stereocenters. The maximum atomic E-state index is 12.4. The van der Waals surface area contributed by atoms with Crippen molar-refractivity contribution in [3.05, 3.63) is 29.8 Å². The molecule has 1 atom stereocenters. The first-order valence-electron chi connectivity index (χ1n) is 7.71. The van der Waals surface area contributed by atoms with Gasteiger partial charge in [0.1, 0.15) is 0 Å². The van der Waals surface area contributed by atoms with E-state index in [1.54, 1.807) is 12.1 Å². The quantitative estimate of drug-likeness (QED) is 0.776. The second-order valence-corrected chi connectivity index (χ2v) is 8.17. The maximum absolute atomic E-state index is 12.4. The summed E-state index contributed by atoms with van der Waals surface area (Å²) in [5.41, 5.74) is 1.02. The van der Waals surface area contributed by atoms with Crippen LogP contribution in [0.2, 0.25) is 0 Å². The monoisotopic (exact) mass is 310 g/mol. The molecule has 0 saturated heterocycles. The van der Waals surface area contributed by atoms with Crippen molar-refractivity contribution in [3.8, 4) is 0 Å². The normalized spacial score (nSPS) is 17.1. The van der Waals surface area contributed by atoms with Crippen LogP contribution < -0.4 is 10.0 Å². The lowest BCUT2D eigenvalue weighted by Crippen LogP contribution is -2.33. The van der Waals surface area contributed by atoms with Gasteiger partial charge in [-0.05, 0) is 49.8 Å². The van der Waals surface area contributed by atoms with Crippen LogP contribution >= 0.6 is 0 Å². The van der Waals surface area contributed by atoms with Crippen LogP contribution in [0.3, 0.4) is 0 Å². The van der Waals surface area contributed by atoms with Crippen LogP contribution in [-0.2, 0) is 16.6 Å². The topological polar surface area (TPSA) is 58.2 Å². The summed E-state index contributed by atoms with van der Waals surface area (Å²) in [6, 6.07) is 7.76. The van der Waals surface area contributed by atoms with Crippen molar-refractivity contribution in [1.82, 2.24) is 10.0 Å². The predicted molar refractivity (Wildman–Crippen MR) is 85.5 cm³/mol. The Kier molecular flexibility index (Phi) is 5.41. The first-order chi connectivity index (χ1) is 9.87. The minimum absolute atomic E-state index is 0.0526. The minimum Gasteiger partial charge on any atom is -0.310 e. The fraction of sp³-hybridized carbons (Fsp3) is 0.625. The number of nitrogens with one attached hydrogen (secondary N) is 2. The number of rotatable bonds is 8. The van der Waals surface area contributed by atoms with Crippen LogP contribution in [0.5, 0.6) is 0 Å². The van der Waals surface area contributed by atoms with Gasteiger partial charge in [0.15, 0.2) is 0 Å². The smallest absolute Gasteiger partial charge is 0.240 e. The molecule has 0 spiro atoms. The average Bonchev–Trinajstić information content (AvgIpc) is 3.19. The van der Waals surface area contributed by atoms with Crippen molar-refractivity contribution < 1.29 is 8.42 Å². The molecule has 118 valence electrons. The van der Waals surface area contributed by atoms with Crippen molar-refractivity contribution in [1.29, 1.82) is 0 Å². The average molecular weight is 310 g/mol. The molecule has 0 aliphatic heterocycles. The van der Waals surface area contributed by atoms with Crippen LogP contribution in [-0.4, -0.2) is 20.5 Å². The highest BCUT2D eigenvalue weighted by Gasteiger charge is 2.21. The van der Waals surface area contributed by atoms with Crippen molar-refractivity contribution >= 4 is 10.0 Å². The van der Waals surface area contributed by atoms with E-state index < -0.39 is 10.0 Å². The van der Waals surface area contributed by atoms with Gasteiger partial charge in [-0.25, -0.2) is 13.1 Å². The molecule has 1 aliphatic rings. The van der Waals surface area contributed by atoms with E-state index in [0.717, 1.165) is 18.5 Å². The van der Waals surface area contributed by atoms with Crippen LogP contribution in [0.15, 0.2) is 29.2 Å². The molecule has 2 rings (SSSR count). The Bertz CT molecular complexity index is 565. The van der Waals surface area contributed by atoms with Gasteiger partial charge in [-0.3, -0.25) is 0 Å². The van der Waals surface area contributed by atoms with E-state index in [-0.39, 0.29) is 6.04 Å². The molecule has 5 heteroatoms. The van der Waals surface area contributed by atoms with Gasteiger partial charge in [-0.1, -0.05) is 26.0 Å². The van der Waals surface area contributed by atoms with E-state index in [4.69, 9.17) is 0 Å². The van der Waals surface area contributed by atoms with Crippen molar-refractivity contribution in [2.45, 2.75) is 63.6 Å². The summed E-state index contributed by atoms with van der Waals surface area (Å²) < 4.78 is 27.6. The standard InChI is InChI=1S/C16H26N2O2S/c1-12(2)9-13(3)18-21(19,20)16-6-4-5-14(10-16)11-17-15-7-8-15/h4-6,10,12-13,15,17-18H,7-9,11H2,1-3H3. The third-order valence-corrected chi connectivity index (χ3v) is 5.15. The second-order valence-electron chi connectivity index (χ2n) is 6.45. The van der Waals surface area contributed by atoms with Crippen LogP contribution in [0.25, 0.3) is 0 Å². The fourth-order valence-corrected chi connectivity index (χ4v) is 3.79. The summed E-state index contributed by atoms with van der Waals surface area (Å²) in [7, 11) is -3.43. The van der Waals surface area contributed by atoms with Crippen molar-refractivity contribution in [3.63, 3.8) is 0 Å². The third-order valence-electron chi connectivity index (χ3n) is 3.56. The van der Waals surface area contributed by atoms with Crippen LogP contribution in [0, 0.1) is 5.92 Å². The SMILES string of the molecule is CC(C)CC(C)NS(=O)(=O)c1cccc(CNC2CC2)c1. The van der Waals surface area contributed by atoms with E-state index >= 15 is 0 Å². The molecule has 1 saturated carbocycles. The van der Waals surface area contributed by atoms with Crippen molar-refractivity contribution in [2.75, 3.05) is 0 Å². The van der Waals surface area contributed by atoms with E-state index in [1.165, 1.54) is 12.8 Å². The molecular weight excluding hydrogens is 284 g/mol. The van der Waals surface area contributed by atoms with Gasteiger partial charge in [0.25, 0.3) is 0 Å². The summed E-state index contributed by atoms with van der Waals surface area (Å²) in [4.78, 5) is 0.355. The Hall–Kier alpha value is -0.910. The highest BCUT2D eigenvalue weighted by molar-refractivity contribution is 7.89. The summed E-state index contributed by atoms with van der Waals surface area (Å²) >= 11 is 0. The van der Waals surface area contributed by atoms with E-state index in [1.807, 2.05) is 19.1 Å². The second kappa shape index (κ2) is 6.90. The zero-order valence-corrected chi connectivity index (χ0v) is 13.9. The first kappa shape index (κ1) is 16.5. The molecular formula is C16H26N2O2S. The Balaban J connectivity index is 2.02. The number of benzene rings is 1. The van der Waals surface area contributed by atoms with Gasteiger partial charge in [0, 0.05) is 18.6 Å². The Morgan fingerprint density at radius 3 is 2.57 bits per heavy atom. The maximum Gasteiger partial charge on any atom is 0.240 e. The Labute approximate surface area is 128 Å². The molecule has 1 aromatic rings. The molecule has 0 heterocycles. The summed E-state index contributed by atoms with van der Waals surface area (Å²) in [5.74, 6) is 0.469. The van der Waals surface area contributed by atoms with Gasteiger partial charge in [-0.15, -0.1) is 0 Å². The van der Waals surface area contributed by atoms with Crippen LogP contribution in [0.4, 0.5) is 0 Å². The van der Waals surface area contributed by atoms with Gasteiger partial charge in [-0.2, -0.15) is 0 Å². The van der Waals surface area contributed by atoms with Gasteiger partial charge >= 0.3 is 0 Å². The molecule has 0 radical (unpaired) electrons. The predicted octanol–water partition coefficient (Wildman–Crippen LogP) is 2.65. The highest BCUT2D eigenvalue weighted by Crippen LogP contribution is 2.20. The van der Waals surface area contributed by atoms with Crippen molar-refractivity contribution in [2.24, 2.45) is 5.92 Å². The molecule has 1 fully saturated rings. The van der Waals surface area contributed by atoms with Gasteiger partial charge < -0.3 is 5.32 Å². The summed E-state index contributed by atoms with van der Waals surface area (Å²) in [6.07, 6.45) is 3.29. The lowest BCUT2D eigenvalue weighted by atomic mass is 10.1. The number of hydrogen-bond donors (Lipinski definition) is 2. The van der Waals surface area contributed by atoms with Gasteiger partial charge in [0.2, 0.25) is 10.0 Å². The lowest BCUT2D eigenvalue weighted by molar-refractivity contribution is 0.482. The zero-order valence-electron chi connectivity index (χ0n) is 13.1. The molecule has 4 nitrogen and oxygen atoms in total. The molecule has 0 aromatic heterocycles. The zero-order chi connectivity index (χ0) is 15.5. The molecule has 1 aliphatic carbocycles. The Morgan fingerprint density at radius 1 is 1.24 bits per heavy atom. The lowest BCUT2D eigenvalue weighted by Gasteiger charge is -2.16. The molecule has 2 N–H and O–H groups in total. The fourth-order valence-electron chi connectivity index (χ4n) is 2.46.